The predicted molar refractivity (Wildman–Crippen MR) is 61.8 cm³/mol. The summed E-state index contributed by atoms with van der Waals surface area (Å²) in [5, 5.41) is 13.5. The second-order valence-corrected chi connectivity index (χ2v) is 3.70. The molecular formula is C11H10N4O2. The van der Waals surface area contributed by atoms with Gasteiger partial charge in [0, 0.05) is 25.0 Å². The lowest BCUT2D eigenvalue weighted by atomic mass is 10.3. The van der Waals surface area contributed by atoms with E-state index in [1.54, 1.807) is 35.2 Å². The van der Waals surface area contributed by atoms with Crippen molar-refractivity contribution in [3.8, 4) is 0 Å². The second kappa shape index (κ2) is 3.67. The van der Waals surface area contributed by atoms with E-state index < -0.39 is 0 Å². The highest BCUT2D eigenvalue weighted by molar-refractivity contribution is 5.78. The molecule has 3 aromatic heterocycles. The first kappa shape index (κ1) is 9.98. The Labute approximate surface area is 95.8 Å². The highest BCUT2D eigenvalue weighted by Crippen LogP contribution is 2.09. The summed E-state index contributed by atoms with van der Waals surface area (Å²) in [4.78, 5) is 16.2. The van der Waals surface area contributed by atoms with Gasteiger partial charge >= 0.3 is 0 Å². The maximum absolute atomic E-state index is 12.1. The van der Waals surface area contributed by atoms with Crippen LogP contribution in [-0.4, -0.2) is 30.9 Å². The highest BCUT2D eigenvalue weighted by Gasteiger charge is 2.06. The molecule has 0 atom stereocenters. The number of hydrogen-bond acceptors (Lipinski definition) is 4. The molecule has 3 heterocycles. The third-order valence-corrected chi connectivity index (χ3v) is 2.70. The molecule has 0 bridgehead atoms. The molecule has 0 unspecified atom stereocenters. The number of aromatic nitrogens is 4. The number of rotatable bonds is 2. The maximum Gasteiger partial charge on any atom is 0.261 e. The first-order valence-electron chi connectivity index (χ1n) is 5.24. The van der Waals surface area contributed by atoms with Gasteiger partial charge in [-0.15, -0.1) is 0 Å². The molecule has 0 aromatic carbocycles. The van der Waals surface area contributed by atoms with Crippen LogP contribution in [-0.2, 0) is 6.54 Å². The molecule has 0 fully saturated rings. The van der Waals surface area contributed by atoms with E-state index in [4.69, 9.17) is 5.11 Å². The molecule has 0 aliphatic carbocycles. The van der Waals surface area contributed by atoms with Crippen LogP contribution < -0.4 is 5.56 Å². The molecule has 0 saturated carbocycles. The summed E-state index contributed by atoms with van der Waals surface area (Å²) in [6, 6.07) is 3.58. The Morgan fingerprint density at radius 1 is 1.35 bits per heavy atom. The van der Waals surface area contributed by atoms with Crippen molar-refractivity contribution in [2.24, 2.45) is 0 Å². The SMILES string of the molecule is O=c1c2cnc3ccnn3c2ccn1CCO. The Morgan fingerprint density at radius 3 is 3.06 bits per heavy atom. The zero-order valence-electron chi connectivity index (χ0n) is 8.95. The van der Waals surface area contributed by atoms with Gasteiger partial charge in [-0.3, -0.25) is 4.79 Å². The van der Waals surface area contributed by atoms with Gasteiger partial charge in [0.05, 0.1) is 23.7 Å². The average Bonchev–Trinajstić information content (AvgIpc) is 2.81. The third kappa shape index (κ3) is 1.42. The molecule has 86 valence electrons. The van der Waals surface area contributed by atoms with E-state index in [0.717, 1.165) is 5.52 Å². The van der Waals surface area contributed by atoms with Crippen LogP contribution in [0.2, 0.25) is 0 Å². The molecule has 6 heteroatoms. The van der Waals surface area contributed by atoms with Crippen LogP contribution in [0.1, 0.15) is 0 Å². The minimum Gasteiger partial charge on any atom is -0.395 e. The molecule has 0 radical (unpaired) electrons. The van der Waals surface area contributed by atoms with E-state index in [1.165, 1.54) is 4.57 Å². The summed E-state index contributed by atoms with van der Waals surface area (Å²) in [7, 11) is 0. The number of hydrogen-bond donors (Lipinski definition) is 1. The standard InChI is InChI=1S/C11H10N4O2/c16-6-5-14-4-2-9-8(11(14)17)7-12-10-1-3-13-15(9)10/h1-4,7,16H,5-6H2. The summed E-state index contributed by atoms with van der Waals surface area (Å²) in [5.74, 6) is 0. The first-order valence-corrected chi connectivity index (χ1v) is 5.24. The topological polar surface area (TPSA) is 72.4 Å². The number of fused-ring (bicyclic) bond motifs is 3. The van der Waals surface area contributed by atoms with Gasteiger partial charge in [-0.2, -0.15) is 5.10 Å². The lowest BCUT2D eigenvalue weighted by molar-refractivity contribution is 0.274. The zero-order chi connectivity index (χ0) is 11.8. The fourth-order valence-electron chi connectivity index (χ4n) is 1.88. The Bertz CT molecular complexity index is 744. The van der Waals surface area contributed by atoms with Crippen LogP contribution in [0.4, 0.5) is 0 Å². The van der Waals surface area contributed by atoms with Crippen LogP contribution in [0.5, 0.6) is 0 Å². The minimum atomic E-state index is -0.165. The van der Waals surface area contributed by atoms with Gasteiger partial charge in [-0.1, -0.05) is 0 Å². The van der Waals surface area contributed by atoms with E-state index in [0.29, 0.717) is 11.0 Å². The van der Waals surface area contributed by atoms with Gasteiger partial charge in [0.25, 0.3) is 5.56 Å². The Hall–Kier alpha value is -2.21. The van der Waals surface area contributed by atoms with Gasteiger partial charge in [0.2, 0.25) is 0 Å². The lowest BCUT2D eigenvalue weighted by Crippen LogP contribution is -2.21. The van der Waals surface area contributed by atoms with Crippen LogP contribution >= 0.6 is 0 Å². The van der Waals surface area contributed by atoms with Crippen molar-refractivity contribution in [3.63, 3.8) is 0 Å². The van der Waals surface area contributed by atoms with E-state index >= 15 is 0 Å². The van der Waals surface area contributed by atoms with Crippen molar-refractivity contribution in [1.82, 2.24) is 19.2 Å². The Kier molecular flexibility index (Phi) is 2.15. The predicted octanol–water partition coefficient (Wildman–Crippen LogP) is 0.0365. The second-order valence-electron chi connectivity index (χ2n) is 3.70. The van der Waals surface area contributed by atoms with Gasteiger partial charge in [-0.25, -0.2) is 9.50 Å². The summed E-state index contributed by atoms with van der Waals surface area (Å²) >= 11 is 0. The molecule has 3 aromatic rings. The molecule has 0 spiro atoms. The first-order chi connectivity index (χ1) is 8.31. The smallest absolute Gasteiger partial charge is 0.261 e. The fraction of sp³-hybridized carbons (Fsp3) is 0.182. The van der Waals surface area contributed by atoms with Crippen LogP contribution in [0.15, 0.2) is 35.5 Å². The quantitative estimate of drug-likeness (QED) is 0.674. The molecule has 1 N–H and O–H groups in total. The van der Waals surface area contributed by atoms with E-state index in [2.05, 4.69) is 10.1 Å². The van der Waals surface area contributed by atoms with Crippen molar-refractivity contribution in [2.45, 2.75) is 6.54 Å². The maximum atomic E-state index is 12.1. The monoisotopic (exact) mass is 230 g/mol. The summed E-state index contributed by atoms with van der Waals surface area (Å²) in [6.07, 6.45) is 4.84. The molecule has 3 rings (SSSR count). The molecule has 0 amide bonds. The van der Waals surface area contributed by atoms with E-state index in [9.17, 15) is 4.79 Å². The van der Waals surface area contributed by atoms with Gasteiger partial charge < -0.3 is 9.67 Å². The van der Waals surface area contributed by atoms with E-state index in [-0.39, 0.29) is 18.7 Å². The number of aliphatic hydroxyl groups is 1. The van der Waals surface area contributed by atoms with Crippen LogP contribution in [0, 0.1) is 0 Å². The van der Waals surface area contributed by atoms with Crippen molar-refractivity contribution in [3.05, 3.63) is 41.1 Å². The Balaban J connectivity index is 2.40. The van der Waals surface area contributed by atoms with E-state index in [1.807, 2.05) is 0 Å². The largest absolute Gasteiger partial charge is 0.395 e. The zero-order valence-corrected chi connectivity index (χ0v) is 8.95. The molecule has 0 aliphatic rings. The highest BCUT2D eigenvalue weighted by atomic mass is 16.3. The molecule has 0 aliphatic heterocycles. The van der Waals surface area contributed by atoms with Gasteiger partial charge in [-0.05, 0) is 6.07 Å². The molecule has 17 heavy (non-hydrogen) atoms. The van der Waals surface area contributed by atoms with Crippen molar-refractivity contribution in [1.29, 1.82) is 0 Å². The van der Waals surface area contributed by atoms with Gasteiger partial charge in [0.15, 0.2) is 5.65 Å². The third-order valence-electron chi connectivity index (χ3n) is 2.70. The molecular weight excluding hydrogens is 220 g/mol. The normalized spacial score (nSPS) is 11.4. The minimum absolute atomic E-state index is 0.0666. The summed E-state index contributed by atoms with van der Waals surface area (Å²) in [6.45, 7) is 0.217. The van der Waals surface area contributed by atoms with Crippen LogP contribution in [0.25, 0.3) is 16.6 Å². The van der Waals surface area contributed by atoms with Crippen molar-refractivity contribution >= 4 is 16.6 Å². The molecule has 0 saturated heterocycles. The number of nitrogens with zero attached hydrogens (tertiary/aromatic N) is 4. The lowest BCUT2D eigenvalue weighted by Gasteiger charge is -2.05. The van der Waals surface area contributed by atoms with Crippen LogP contribution in [0.3, 0.4) is 0 Å². The number of aliphatic hydroxyl groups excluding tert-OH is 1. The fourth-order valence-corrected chi connectivity index (χ4v) is 1.88. The molecule has 6 nitrogen and oxygen atoms in total. The Morgan fingerprint density at radius 2 is 2.24 bits per heavy atom. The number of pyridine rings is 1. The average molecular weight is 230 g/mol. The van der Waals surface area contributed by atoms with Gasteiger partial charge in [0.1, 0.15) is 0 Å². The van der Waals surface area contributed by atoms with Crippen molar-refractivity contribution in [2.75, 3.05) is 6.61 Å². The summed E-state index contributed by atoms with van der Waals surface area (Å²) in [5.41, 5.74) is 1.26. The van der Waals surface area contributed by atoms with Crippen molar-refractivity contribution < 1.29 is 5.11 Å². The summed E-state index contributed by atoms with van der Waals surface area (Å²) < 4.78 is 3.08.